The molecule has 2 heterocycles. The minimum Gasteiger partial charge on any atom is -0.378 e. The number of fused-ring (bicyclic) bond motifs is 1. The summed E-state index contributed by atoms with van der Waals surface area (Å²) in [5.74, 6) is 0.854. The molecule has 5 nitrogen and oxygen atoms in total. The van der Waals surface area contributed by atoms with E-state index >= 15 is 0 Å². The summed E-state index contributed by atoms with van der Waals surface area (Å²) >= 11 is 0. The molecule has 1 saturated heterocycles. The summed E-state index contributed by atoms with van der Waals surface area (Å²) in [6.07, 6.45) is 1.75. The first-order valence-corrected chi connectivity index (χ1v) is 12.1. The zero-order chi connectivity index (χ0) is 24.4. The van der Waals surface area contributed by atoms with Crippen molar-refractivity contribution in [2.75, 3.05) is 38.3 Å². The number of hydrogen-bond donors (Lipinski definition) is 0. The SMILES string of the molecule is Cc1ccccc1-c1cc(N2CCOCC2)ncc1C(=O)N(C)Cc1c(C)ccc2ccccc12. The maximum atomic E-state index is 13.8. The van der Waals surface area contributed by atoms with E-state index in [1.807, 2.05) is 30.1 Å². The van der Waals surface area contributed by atoms with Gasteiger partial charge in [-0.2, -0.15) is 0 Å². The van der Waals surface area contributed by atoms with Gasteiger partial charge in [-0.15, -0.1) is 0 Å². The number of benzene rings is 3. The number of aryl methyl sites for hydroxylation is 2. The number of ether oxygens (including phenoxy) is 1. The first-order valence-electron chi connectivity index (χ1n) is 12.1. The van der Waals surface area contributed by atoms with Crippen LogP contribution in [0, 0.1) is 13.8 Å². The van der Waals surface area contributed by atoms with E-state index in [1.165, 1.54) is 21.9 Å². The summed E-state index contributed by atoms with van der Waals surface area (Å²) in [4.78, 5) is 22.6. The zero-order valence-corrected chi connectivity index (χ0v) is 20.6. The number of nitrogens with zero attached hydrogens (tertiary/aromatic N) is 3. The van der Waals surface area contributed by atoms with E-state index in [1.54, 1.807) is 6.20 Å². The van der Waals surface area contributed by atoms with Gasteiger partial charge >= 0.3 is 0 Å². The Labute approximate surface area is 207 Å². The molecule has 178 valence electrons. The Bertz CT molecular complexity index is 1380. The van der Waals surface area contributed by atoms with E-state index in [-0.39, 0.29) is 5.91 Å². The molecule has 35 heavy (non-hydrogen) atoms. The fourth-order valence-corrected chi connectivity index (χ4v) is 4.85. The molecule has 1 aromatic heterocycles. The quantitative estimate of drug-likeness (QED) is 0.383. The third kappa shape index (κ3) is 4.64. The lowest BCUT2D eigenvalue weighted by atomic mass is 9.96. The number of aromatic nitrogens is 1. The molecule has 0 atom stereocenters. The lowest BCUT2D eigenvalue weighted by Crippen LogP contribution is -2.37. The van der Waals surface area contributed by atoms with Crippen molar-refractivity contribution in [3.05, 3.63) is 95.2 Å². The Balaban J connectivity index is 1.53. The summed E-state index contributed by atoms with van der Waals surface area (Å²) in [5, 5.41) is 2.37. The lowest BCUT2D eigenvalue weighted by Gasteiger charge is -2.29. The minimum absolute atomic E-state index is 0.0309. The number of morpholine rings is 1. The molecular weight excluding hydrogens is 434 g/mol. The summed E-state index contributed by atoms with van der Waals surface area (Å²) < 4.78 is 5.52. The van der Waals surface area contributed by atoms with Crippen LogP contribution in [0.15, 0.2) is 72.9 Å². The molecular formula is C30H31N3O2. The standard InChI is InChI=1S/C30H31N3O2/c1-21-8-4-6-10-24(21)26-18-29(33-14-16-35-17-15-33)31-19-27(26)30(34)32(3)20-28-22(2)12-13-23-9-5-7-11-25(23)28/h4-13,18-19H,14-17,20H2,1-3H3. The van der Waals surface area contributed by atoms with Crippen molar-refractivity contribution in [1.82, 2.24) is 9.88 Å². The molecule has 0 spiro atoms. The van der Waals surface area contributed by atoms with Gasteiger partial charge in [0.15, 0.2) is 0 Å². The van der Waals surface area contributed by atoms with Gasteiger partial charge in [-0.3, -0.25) is 4.79 Å². The third-order valence-corrected chi connectivity index (χ3v) is 6.91. The van der Waals surface area contributed by atoms with Crippen LogP contribution in [0.1, 0.15) is 27.0 Å². The smallest absolute Gasteiger partial charge is 0.256 e. The van der Waals surface area contributed by atoms with Gasteiger partial charge in [-0.25, -0.2) is 4.98 Å². The highest BCUT2D eigenvalue weighted by Gasteiger charge is 2.22. The topological polar surface area (TPSA) is 45.7 Å². The highest BCUT2D eigenvalue weighted by Crippen LogP contribution is 2.31. The normalized spacial score (nSPS) is 13.7. The van der Waals surface area contributed by atoms with Crippen molar-refractivity contribution >= 4 is 22.5 Å². The summed E-state index contributed by atoms with van der Waals surface area (Å²) in [5.41, 5.74) is 6.09. The van der Waals surface area contributed by atoms with E-state index in [2.05, 4.69) is 67.3 Å². The Morgan fingerprint density at radius 2 is 1.69 bits per heavy atom. The fourth-order valence-electron chi connectivity index (χ4n) is 4.85. The van der Waals surface area contributed by atoms with Crippen LogP contribution in [0.2, 0.25) is 0 Å². The predicted octanol–water partition coefficient (Wildman–Crippen LogP) is 5.63. The summed E-state index contributed by atoms with van der Waals surface area (Å²) in [6, 6.07) is 22.9. The second kappa shape index (κ2) is 9.88. The van der Waals surface area contributed by atoms with E-state index in [4.69, 9.17) is 9.72 Å². The maximum Gasteiger partial charge on any atom is 0.256 e. The van der Waals surface area contributed by atoms with Crippen molar-refractivity contribution in [3.8, 4) is 11.1 Å². The second-order valence-electron chi connectivity index (χ2n) is 9.25. The fraction of sp³-hybridized carbons (Fsp3) is 0.267. The van der Waals surface area contributed by atoms with Crippen molar-refractivity contribution in [1.29, 1.82) is 0 Å². The zero-order valence-electron chi connectivity index (χ0n) is 20.6. The number of carbonyl (C=O) groups excluding carboxylic acids is 1. The number of amides is 1. The number of anilines is 1. The Morgan fingerprint density at radius 1 is 0.943 bits per heavy atom. The van der Waals surface area contributed by atoms with E-state index in [9.17, 15) is 4.79 Å². The van der Waals surface area contributed by atoms with Gasteiger partial charge in [0, 0.05) is 32.9 Å². The molecule has 0 aliphatic carbocycles. The monoisotopic (exact) mass is 465 g/mol. The molecule has 5 heteroatoms. The van der Waals surface area contributed by atoms with E-state index < -0.39 is 0 Å². The van der Waals surface area contributed by atoms with Gasteiger partial charge < -0.3 is 14.5 Å². The van der Waals surface area contributed by atoms with Gasteiger partial charge in [0.25, 0.3) is 5.91 Å². The molecule has 1 aliphatic heterocycles. The van der Waals surface area contributed by atoms with Crippen molar-refractivity contribution in [2.24, 2.45) is 0 Å². The average Bonchev–Trinajstić information content (AvgIpc) is 2.90. The molecule has 0 radical (unpaired) electrons. The lowest BCUT2D eigenvalue weighted by molar-refractivity contribution is 0.0786. The van der Waals surface area contributed by atoms with Crippen LogP contribution < -0.4 is 4.90 Å². The van der Waals surface area contributed by atoms with Crippen LogP contribution in [-0.4, -0.2) is 49.1 Å². The number of rotatable bonds is 5. The van der Waals surface area contributed by atoms with Crippen molar-refractivity contribution in [2.45, 2.75) is 20.4 Å². The van der Waals surface area contributed by atoms with Gasteiger partial charge in [0.2, 0.25) is 0 Å². The summed E-state index contributed by atoms with van der Waals surface area (Å²) in [6.45, 7) is 7.70. The van der Waals surface area contributed by atoms with Gasteiger partial charge in [0.05, 0.1) is 18.8 Å². The van der Waals surface area contributed by atoms with Crippen LogP contribution >= 0.6 is 0 Å². The largest absolute Gasteiger partial charge is 0.378 e. The molecule has 5 rings (SSSR count). The molecule has 1 aliphatic rings. The Kier molecular flexibility index (Phi) is 6.51. The average molecular weight is 466 g/mol. The Hall–Kier alpha value is -3.70. The van der Waals surface area contributed by atoms with Crippen LogP contribution in [0.4, 0.5) is 5.82 Å². The number of carbonyl (C=O) groups is 1. The first-order chi connectivity index (χ1) is 17.0. The van der Waals surface area contributed by atoms with Crippen LogP contribution in [0.25, 0.3) is 21.9 Å². The molecule has 3 aromatic carbocycles. The predicted molar refractivity (Wildman–Crippen MR) is 142 cm³/mol. The van der Waals surface area contributed by atoms with Crippen molar-refractivity contribution < 1.29 is 9.53 Å². The maximum absolute atomic E-state index is 13.8. The highest BCUT2D eigenvalue weighted by molar-refractivity contribution is 6.01. The molecule has 4 aromatic rings. The second-order valence-corrected chi connectivity index (χ2v) is 9.25. The van der Waals surface area contributed by atoms with Crippen LogP contribution in [-0.2, 0) is 11.3 Å². The number of hydrogen-bond acceptors (Lipinski definition) is 4. The Morgan fingerprint density at radius 3 is 2.49 bits per heavy atom. The van der Waals surface area contributed by atoms with E-state index in [0.29, 0.717) is 25.3 Å². The minimum atomic E-state index is -0.0309. The van der Waals surface area contributed by atoms with Gasteiger partial charge in [-0.05, 0) is 58.5 Å². The molecule has 0 N–H and O–H groups in total. The third-order valence-electron chi connectivity index (χ3n) is 6.91. The van der Waals surface area contributed by atoms with Crippen molar-refractivity contribution in [3.63, 3.8) is 0 Å². The molecule has 1 amide bonds. The van der Waals surface area contributed by atoms with Crippen LogP contribution in [0.5, 0.6) is 0 Å². The van der Waals surface area contributed by atoms with Gasteiger partial charge in [0.1, 0.15) is 5.82 Å². The highest BCUT2D eigenvalue weighted by atomic mass is 16.5. The van der Waals surface area contributed by atoms with Crippen LogP contribution in [0.3, 0.4) is 0 Å². The molecule has 0 unspecified atom stereocenters. The van der Waals surface area contributed by atoms with Gasteiger partial charge in [-0.1, -0.05) is 60.7 Å². The molecule has 0 saturated carbocycles. The number of pyridine rings is 1. The van der Waals surface area contributed by atoms with E-state index in [0.717, 1.165) is 35.6 Å². The molecule has 0 bridgehead atoms. The molecule has 1 fully saturated rings. The first kappa shape index (κ1) is 23.1. The summed E-state index contributed by atoms with van der Waals surface area (Å²) in [7, 11) is 1.88.